The zero-order valence-corrected chi connectivity index (χ0v) is 17.3. The molecule has 2 amide bonds. The van der Waals surface area contributed by atoms with E-state index < -0.39 is 21.0 Å². The lowest BCUT2D eigenvalue weighted by molar-refractivity contribution is -0.118. The highest BCUT2D eigenvalue weighted by Crippen LogP contribution is 2.32. The average Bonchev–Trinajstić information content (AvgIpc) is 2.67. The van der Waals surface area contributed by atoms with Crippen LogP contribution in [0.2, 0.25) is 5.02 Å². The van der Waals surface area contributed by atoms with Gasteiger partial charge >= 0.3 is 0 Å². The van der Waals surface area contributed by atoms with Gasteiger partial charge in [-0.15, -0.1) is 0 Å². The summed E-state index contributed by atoms with van der Waals surface area (Å²) in [5.41, 5.74) is 0.838. The Balaban J connectivity index is 1.70. The fourth-order valence-electron chi connectivity index (χ4n) is 2.79. The van der Waals surface area contributed by atoms with E-state index in [2.05, 4.69) is 10.6 Å². The van der Waals surface area contributed by atoms with Crippen LogP contribution < -0.4 is 20.1 Å². The maximum absolute atomic E-state index is 12.8. The number of hydrogen-bond acceptors (Lipinski definition) is 6. The molecular formula is C19H19ClN2O6S. The summed E-state index contributed by atoms with van der Waals surface area (Å²) in [6, 6.07) is 8.92. The van der Waals surface area contributed by atoms with Crippen molar-refractivity contribution in [3.8, 4) is 11.5 Å². The van der Waals surface area contributed by atoms with E-state index in [0.717, 1.165) is 0 Å². The minimum atomic E-state index is -3.79. The second-order valence-corrected chi connectivity index (χ2v) is 9.23. The number of fused-ring (bicyclic) bond motifs is 1. The van der Waals surface area contributed by atoms with Crippen LogP contribution in [-0.2, 0) is 19.4 Å². The van der Waals surface area contributed by atoms with Crippen LogP contribution in [0.4, 0.5) is 11.4 Å². The fourth-order valence-corrected chi connectivity index (χ4v) is 4.41. The first kappa shape index (κ1) is 20.9. The first-order valence-electron chi connectivity index (χ1n) is 8.64. The van der Waals surface area contributed by atoms with Crippen LogP contribution in [0.5, 0.6) is 11.5 Å². The molecule has 1 unspecified atom stereocenters. The molecule has 2 aromatic rings. The minimum Gasteiger partial charge on any atom is -0.495 e. The highest BCUT2D eigenvalue weighted by molar-refractivity contribution is 7.92. The summed E-state index contributed by atoms with van der Waals surface area (Å²) in [5, 5.41) is 4.57. The molecule has 1 heterocycles. The Hall–Kier alpha value is -2.78. The number of benzene rings is 2. The zero-order chi connectivity index (χ0) is 21.2. The van der Waals surface area contributed by atoms with Crippen LogP contribution in [0.15, 0.2) is 41.3 Å². The van der Waals surface area contributed by atoms with Crippen LogP contribution in [-0.4, -0.2) is 39.2 Å². The van der Waals surface area contributed by atoms with Gasteiger partial charge in [-0.05, 0) is 37.3 Å². The fraction of sp³-hybridized carbons (Fsp3) is 0.263. The summed E-state index contributed by atoms with van der Waals surface area (Å²) in [6.07, 6.45) is -0.249. The largest absolute Gasteiger partial charge is 0.495 e. The average molecular weight is 439 g/mol. The Labute approximate surface area is 173 Å². The predicted octanol–water partition coefficient (Wildman–Crippen LogP) is 2.87. The van der Waals surface area contributed by atoms with Crippen LogP contribution in [0.3, 0.4) is 0 Å². The summed E-state index contributed by atoms with van der Waals surface area (Å²) < 4.78 is 36.0. The molecule has 1 atom stereocenters. The van der Waals surface area contributed by atoms with Gasteiger partial charge in [0, 0.05) is 18.2 Å². The SMILES string of the molecule is COc1ccc(NC(=O)CC(C)S(=O)(=O)c2ccc3c(c2)OCC(=O)N3)cc1Cl. The monoisotopic (exact) mass is 438 g/mol. The number of ether oxygens (including phenoxy) is 2. The molecule has 1 aliphatic heterocycles. The Morgan fingerprint density at radius 3 is 2.76 bits per heavy atom. The number of methoxy groups -OCH3 is 1. The number of nitrogens with one attached hydrogen (secondary N) is 2. The van der Waals surface area contributed by atoms with E-state index in [1.54, 1.807) is 12.1 Å². The topological polar surface area (TPSA) is 111 Å². The highest BCUT2D eigenvalue weighted by Gasteiger charge is 2.28. The molecule has 0 fully saturated rings. The van der Waals surface area contributed by atoms with Crippen LogP contribution in [0.1, 0.15) is 13.3 Å². The molecule has 0 aliphatic carbocycles. The van der Waals surface area contributed by atoms with Crippen molar-refractivity contribution in [2.24, 2.45) is 0 Å². The summed E-state index contributed by atoms with van der Waals surface area (Å²) >= 11 is 6.03. The standard InChI is InChI=1S/C19H19ClN2O6S/c1-11(7-18(23)21-12-3-6-16(27-2)14(20)8-12)29(25,26)13-4-5-15-17(9-13)28-10-19(24)22-15/h3-6,8-9,11H,7,10H2,1-2H3,(H,21,23)(H,22,24). The number of rotatable bonds is 6. The van der Waals surface area contributed by atoms with E-state index >= 15 is 0 Å². The molecule has 0 radical (unpaired) electrons. The van der Waals surface area contributed by atoms with E-state index in [4.69, 9.17) is 21.1 Å². The molecule has 2 aromatic carbocycles. The van der Waals surface area contributed by atoms with Gasteiger partial charge in [0.25, 0.3) is 5.91 Å². The van der Waals surface area contributed by atoms with E-state index in [-0.39, 0.29) is 29.6 Å². The van der Waals surface area contributed by atoms with Crippen LogP contribution >= 0.6 is 11.6 Å². The molecule has 8 nitrogen and oxygen atoms in total. The summed E-state index contributed by atoms with van der Waals surface area (Å²) in [5.74, 6) is -0.0396. The normalized spacial score (nSPS) is 14.2. The van der Waals surface area contributed by atoms with E-state index in [1.165, 1.54) is 38.3 Å². The zero-order valence-electron chi connectivity index (χ0n) is 15.7. The molecule has 10 heteroatoms. The second kappa shape index (κ2) is 8.30. The number of sulfone groups is 1. The van der Waals surface area contributed by atoms with Gasteiger partial charge in [0.1, 0.15) is 11.5 Å². The van der Waals surface area contributed by atoms with Gasteiger partial charge < -0.3 is 20.1 Å². The van der Waals surface area contributed by atoms with Gasteiger partial charge in [-0.3, -0.25) is 9.59 Å². The number of halogens is 1. The molecule has 2 N–H and O–H groups in total. The molecule has 3 rings (SSSR count). The molecule has 0 spiro atoms. The quantitative estimate of drug-likeness (QED) is 0.717. The van der Waals surface area contributed by atoms with Crippen molar-refractivity contribution in [2.75, 3.05) is 24.4 Å². The van der Waals surface area contributed by atoms with Crippen molar-refractivity contribution in [3.05, 3.63) is 41.4 Å². The summed E-state index contributed by atoms with van der Waals surface area (Å²) in [7, 11) is -2.31. The van der Waals surface area contributed by atoms with Gasteiger partial charge in [-0.2, -0.15) is 0 Å². The van der Waals surface area contributed by atoms with Crippen LogP contribution in [0, 0.1) is 0 Å². The van der Waals surface area contributed by atoms with E-state index in [1.807, 2.05) is 0 Å². The highest BCUT2D eigenvalue weighted by atomic mass is 35.5. The lowest BCUT2D eigenvalue weighted by Gasteiger charge is -2.19. The number of carbonyl (C=O) groups is 2. The molecule has 0 bridgehead atoms. The molecule has 154 valence electrons. The van der Waals surface area contributed by atoms with E-state index in [9.17, 15) is 18.0 Å². The Morgan fingerprint density at radius 2 is 2.07 bits per heavy atom. The molecule has 0 saturated carbocycles. The van der Waals surface area contributed by atoms with E-state index in [0.29, 0.717) is 22.1 Å². The second-order valence-electron chi connectivity index (χ2n) is 6.45. The molecule has 0 aromatic heterocycles. The Kier molecular flexibility index (Phi) is 5.99. The first-order chi connectivity index (χ1) is 13.7. The third kappa shape index (κ3) is 4.63. The summed E-state index contributed by atoms with van der Waals surface area (Å²) in [4.78, 5) is 23.7. The van der Waals surface area contributed by atoms with Crippen molar-refractivity contribution < 1.29 is 27.5 Å². The van der Waals surface area contributed by atoms with Crippen molar-refractivity contribution in [3.63, 3.8) is 0 Å². The van der Waals surface area contributed by atoms with Crippen molar-refractivity contribution in [1.82, 2.24) is 0 Å². The lowest BCUT2D eigenvalue weighted by atomic mass is 10.2. The third-order valence-electron chi connectivity index (χ3n) is 4.35. The summed E-state index contributed by atoms with van der Waals surface area (Å²) in [6.45, 7) is 1.27. The maximum Gasteiger partial charge on any atom is 0.262 e. The number of amides is 2. The smallest absolute Gasteiger partial charge is 0.262 e. The molecule has 1 aliphatic rings. The number of hydrogen-bond donors (Lipinski definition) is 2. The van der Waals surface area contributed by atoms with Gasteiger partial charge in [-0.25, -0.2) is 8.42 Å². The molecule has 29 heavy (non-hydrogen) atoms. The molecular weight excluding hydrogens is 420 g/mol. The number of carbonyl (C=O) groups excluding carboxylic acids is 2. The van der Waals surface area contributed by atoms with Crippen LogP contribution in [0.25, 0.3) is 0 Å². The predicted molar refractivity (Wildman–Crippen MR) is 108 cm³/mol. The molecule has 0 saturated heterocycles. The lowest BCUT2D eigenvalue weighted by Crippen LogP contribution is -2.27. The Morgan fingerprint density at radius 1 is 1.31 bits per heavy atom. The number of anilines is 2. The minimum absolute atomic E-state index is 0.0141. The maximum atomic E-state index is 12.8. The van der Waals surface area contributed by atoms with Gasteiger partial charge in [0.15, 0.2) is 16.4 Å². The van der Waals surface area contributed by atoms with Gasteiger partial charge in [0.2, 0.25) is 5.91 Å². The van der Waals surface area contributed by atoms with Crippen molar-refractivity contribution in [2.45, 2.75) is 23.5 Å². The Bertz CT molecular complexity index is 1070. The van der Waals surface area contributed by atoms with Crippen molar-refractivity contribution in [1.29, 1.82) is 0 Å². The van der Waals surface area contributed by atoms with Crippen molar-refractivity contribution >= 4 is 44.6 Å². The third-order valence-corrected chi connectivity index (χ3v) is 6.79. The van der Waals surface area contributed by atoms with Gasteiger partial charge in [-0.1, -0.05) is 11.6 Å². The van der Waals surface area contributed by atoms with Gasteiger partial charge in [0.05, 0.1) is 28.0 Å². The first-order valence-corrected chi connectivity index (χ1v) is 10.6.